The third-order valence-corrected chi connectivity index (χ3v) is 3.15. The van der Waals surface area contributed by atoms with E-state index in [4.69, 9.17) is 10.2 Å². The van der Waals surface area contributed by atoms with Gasteiger partial charge in [-0.3, -0.25) is 4.79 Å². The molecule has 0 aliphatic heterocycles. The highest BCUT2D eigenvalue weighted by Gasteiger charge is 2.42. The van der Waals surface area contributed by atoms with Gasteiger partial charge in [0.15, 0.2) is 5.76 Å². The molecule has 2 rings (SSSR count). The Balaban J connectivity index is 2.27. The van der Waals surface area contributed by atoms with Gasteiger partial charge in [0, 0.05) is 0 Å². The van der Waals surface area contributed by atoms with Crippen molar-refractivity contribution in [2.24, 2.45) is 5.73 Å². The number of halogens is 1. The van der Waals surface area contributed by atoms with E-state index in [-0.39, 0.29) is 5.78 Å². The second-order valence-corrected chi connectivity index (χ2v) is 4.29. The zero-order valence-electron chi connectivity index (χ0n) is 7.05. The van der Waals surface area contributed by atoms with Crippen molar-refractivity contribution in [1.82, 2.24) is 0 Å². The molecule has 1 aliphatic carbocycles. The van der Waals surface area contributed by atoms with Gasteiger partial charge in [-0.25, -0.2) is 0 Å². The second kappa shape index (κ2) is 2.96. The molecule has 4 heteroatoms. The summed E-state index contributed by atoms with van der Waals surface area (Å²) in [5, 5.41) is 0. The summed E-state index contributed by atoms with van der Waals surface area (Å²) in [7, 11) is 0. The molecular formula is C9H10BrNO2. The normalized spacial score (nSPS) is 19.5. The second-order valence-electron chi connectivity index (χ2n) is 3.44. The van der Waals surface area contributed by atoms with Crippen molar-refractivity contribution in [2.45, 2.75) is 24.8 Å². The maximum atomic E-state index is 11.8. The van der Waals surface area contributed by atoms with Crippen molar-refractivity contribution >= 4 is 21.7 Å². The predicted molar refractivity (Wildman–Crippen MR) is 51.5 cm³/mol. The molecule has 1 aliphatic rings. The summed E-state index contributed by atoms with van der Waals surface area (Å²) < 4.78 is 5.76. The molecule has 1 fully saturated rings. The summed E-state index contributed by atoms with van der Waals surface area (Å²) in [6.07, 6.45) is 4.04. The lowest BCUT2D eigenvalue weighted by molar-refractivity contribution is 0.0769. The number of furan rings is 1. The molecule has 0 bridgehead atoms. The fraction of sp³-hybridized carbons (Fsp3) is 0.444. The molecule has 0 radical (unpaired) electrons. The summed E-state index contributed by atoms with van der Waals surface area (Å²) in [5.74, 6) is 0.262. The maximum absolute atomic E-state index is 11.8. The van der Waals surface area contributed by atoms with E-state index < -0.39 is 5.54 Å². The van der Waals surface area contributed by atoms with Gasteiger partial charge in [0.05, 0.1) is 16.3 Å². The monoisotopic (exact) mass is 243 g/mol. The van der Waals surface area contributed by atoms with Gasteiger partial charge in [0.25, 0.3) is 0 Å². The predicted octanol–water partition coefficient (Wildman–Crippen LogP) is 2.11. The molecule has 0 atom stereocenters. The third kappa shape index (κ3) is 1.34. The van der Waals surface area contributed by atoms with Crippen molar-refractivity contribution in [3.63, 3.8) is 0 Å². The Morgan fingerprint density at radius 3 is 2.69 bits per heavy atom. The Morgan fingerprint density at radius 1 is 1.62 bits per heavy atom. The van der Waals surface area contributed by atoms with Crippen LogP contribution in [0.25, 0.3) is 0 Å². The quantitative estimate of drug-likeness (QED) is 0.810. The van der Waals surface area contributed by atoms with Crippen LogP contribution in [-0.2, 0) is 0 Å². The standard InChI is InChI=1S/C9H10BrNO2/c10-6-2-5-13-7(6)8(12)9(11)3-1-4-9/h2,5H,1,3-4,11H2. The average Bonchev–Trinajstić information content (AvgIpc) is 2.46. The molecule has 0 saturated heterocycles. The summed E-state index contributed by atoms with van der Waals surface area (Å²) in [4.78, 5) is 11.8. The van der Waals surface area contributed by atoms with E-state index in [1.54, 1.807) is 6.07 Å². The molecule has 1 aromatic rings. The SMILES string of the molecule is NC1(C(=O)c2occc2Br)CCC1. The topological polar surface area (TPSA) is 56.2 Å². The van der Waals surface area contributed by atoms with Gasteiger partial charge in [-0.1, -0.05) is 0 Å². The zero-order valence-corrected chi connectivity index (χ0v) is 8.63. The number of nitrogens with two attached hydrogens (primary N) is 1. The molecule has 0 spiro atoms. The van der Waals surface area contributed by atoms with Gasteiger partial charge in [0.2, 0.25) is 5.78 Å². The highest BCUT2D eigenvalue weighted by molar-refractivity contribution is 9.10. The number of carbonyl (C=O) groups is 1. The number of hydrogen-bond donors (Lipinski definition) is 1. The minimum absolute atomic E-state index is 0.0874. The first-order valence-corrected chi connectivity index (χ1v) is 4.99. The number of hydrogen-bond acceptors (Lipinski definition) is 3. The maximum Gasteiger partial charge on any atom is 0.218 e. The molecular weight excluding hydrogens is 234 g/mol. The van der Waals surface area contributed by atoms with Crippen LogP contribution < -0.4 is 5.73 Å². The van der Waals surface area contributed by atoms with Gasteiger partial charge in [-0.15, -0.1) is 0 Å². The minimum atomic E-state index is -0.666. The van der Waals surface area contributed by atoms with Gasteiger partial charge < -0.3 is 10.2 Å². The molecule has 13 heavy (non-hydrogen) atoms. The van der Waals surface area contributed by atoms with Crippen LogP contribution in [-0.4, -0.2) is 11.3 Å². The molecule has 3 nitrogen and oxygen atoms in total. The Labute approximate surface area is 84.4 Å². The van der Waals surface area contributed by atoms with E-state index in [0.29, 0.717) is 10.2 Å². The fourth-order valence-corrected chi connectivity index (χ4v) is 1.85. The van der Waals surface area contributed by atoms with Crippen LogP contribution in [0.4, 0.5) is 0 Å². The average molecular weight is 244 g/mol. The van der Waals surface area contributed by atoms with E-state index in [9.17, 15) is 4.79 Å². The Morgan fingerprint density at radius 2 is 2.31 bits per heavy atom. The van der Waals surface area contributed by atoms with Crippen LogP contribution in [0.1, 0.15) is 29.8 Å². The lowest BCUT2D eigenvalue weighted by Gasteiger charge is -2.35. The van der Waals surface area contributed by atoms with Gasteiger partial charge >= 0.3 is 0 Å². The minimum Gasteiger partial charge on any atom is -0.460 e. The van der Waals surface area contributed by atoms with Crippen LogP contribution in [0, 0.1) is 0 Å². The van der Waals surface area contributed by atoms with Crippen molar-refractivity contribution in [2.75, 3.05) is 0 Å². The summed E-state index contributed by atoms with van der Waals surface area (Å²) in [6, 6.07) is 1.70. The number of carbonyl (C=O) groups excluding carboxylic acids is 1. The van der Waals surface area contributed by atoms with Gasteiger partial charge in [0.1, 0.15) is 0 Å². The first kappa shape index (κ1) is 8.97. The Kier molecular flexibility index (Phi) is 2.04. The van der Waals surface area contributed by atoms with Crippen molar-refractivity contribution in [3.05, 3.63) is 22.6 Å². The molecule has 1 saturated carbocycles. The molecule has 70 valence electrons. The first-order valence-electron chi connectivity index (χ1n) is 4.20. The number of Topliss-reactive ketones (excluding diaryl/α,β-unsaturated/α-hetero) is 1. The Bertz CT molecular complexity index is 341. The van der Waals surface area contributed by atoms with E-state index in [1.807, 2.05) is 0 Å². The van der Waals surface area contributed by atoms with Gasteiger partial charge in [-0.2, -0.15) is 0 Å². The molecule has 1 aromatic heterocycles. The molecule has 2 N–H and O–H groups in total. The fourth-order valence-electron chi connectivity index (χ4n) is 1.47. The highest BCUT2D eigenvalue weighted by atomic mass is 79.9. The lowest BCUT2D eigenvalue weighted by Crippen LogP contribution is -2.53. The smallest absolute Gasteiger partial charge is 0.218 e. The summed E-state index contributed by atoms with van der Waals surface area (Å²) >= 11 is 3.24. The number of ketones is 1. The van der Waals surface area contributed by atoms with E-state index in [0.717, 1.165) is 19.3 Å². The lowest BCUT2D eigenvalue weighted by atomic mass is 9.74. The summed E-state index contributed by atoms with van der Waals surface area (Å²) in [5.41, 5.74) is 5.21. The van der Waals surface area contributed by atoms with E-state index in [1.165, 1.54) is 6.26 Å². The van der Waals surface area contributed by atoms with Crippen LogP contribution in [0.2, 0.25) is 0 Å². The summed E-state index contributed by atoms with van der Waals surface area (Å²) in [6.45, 7) is 0. The van der Waals surface area contributed by atoms with Crippen LogP contribution in [0.15, 0.2) is 21.2 Å². The number of rotatable bonds is 2. The van der Waals surface area contributed by atoms with Crippen molar-refractivity contribution in [1.29, 1.82) is 0 Å². The first-order chi connectivity index (χ1) is 6.13. The van der Waals surface area contributed by atoms with Gasteiger partial charge in [-0.05, 0) is 41.3 Å². The van der Waals surface area contributed by atoms with Crippen LogP contribution in [0.5, 0.6) is 0 Å². The molecule has 0 unspecified atom stereocenters. The van der Waals surface area contributed by atoms with E-state index in [2.05, 4.69) is 15.9 Å². The molecule has 0 amide bonds. The molecule has 0 aromatic carbocycles. The van der Waals surface area contributed by atoms with Crippen molar-refractivity contribution in [3.8, 4) is 0 Å². The zero-order chi connectivity index (χ0) is 9.47. The van der Waals surface area contributed by atoms with Crippen LogP contribution >= 0.6 is 15.9 Å². The van der Waals surface area contributed by atoms with Crippen molar-refractivity contribution < 1.29 is 9.21 Å². The third-order valence-electron chi connectivity index (χ3n) is 2.52. The Hall–Kier alpha value is -0.610. The van der Waals surface area contributed by atoms with Crippen LogP contribution in [0.3, 0.4) is 0 Å². The van der Waals surface area contributed by atoms with E-state index >= 15 is 0 Å². The largest absolute Gasteiger partial charge is 0.460 e. The molecule has 1 heterocycles. The highest BCUT2D eigenvalue weighted by Crippen LogP contribution is 2.34.